The standard InChI is InChI=1S/C19H26N4.C18H24N4O.C18H26N4O.C18H24N4/c1-12-13(2)23-16(14(3)22(12)11-18(4)7-8-18)20-21-17(23)19(9-10-19)15-5-6-15;1-11-12(2)22-15(16(23)21(11)10-13-4-3-5-13)19-20-17(22)18(8-9-18)14-6-7-14;1-4-6-11-21-12(3)14(5-2)22-15(16(21)23)19-20-17(22)18(9-10-18)13-7-8-13;1-11-12(2)22-16(13(3)21(11)10-14-4-5-14)19-20-17(22)18(8-9-18)15-6-7-15/h15H,3,5-11H2,1-2,4H3;13-14H,3-10H2,1-2H3;13H,4-11H2,1-3H3;14-15H,3-10H2,1-2H3. The molecule has 0 radical (unpaired) electrons. The van der Waals surface area contributed by atoms with Crippen LogP contribution in [-0.4, -0.2) is 90.7 Å². The van der Waals surface area contributed by atoms with Crippen LogP contribution in [0, 0.1) is 61.7 Å². The van der Waals surface area contributed by atoms with Gasteiger partial charge in [-0.25, -0.2) is 0 Å². The number of aromatic nitrogens is 14. The molecule has 6 aromatic heterocycles. The van der Waals surface area contributed by atoms with Crippen LogP contribution in [0.4, 0.5) is 0 Å². The Kier molecular flexibility index (Phi) is 13.9. The summed E-state index contributed by atoms with van der Waals surface area (Å²) in [5.74, 6) is 11.2. The van der Waals surface area contributed by atoms with Crippen molar-refractivity contribution in [2.24, 2.45) is 40.9 Å². The molecular weight excluding hydrogens is 1130 g/mol. The number of unbranched alkanes of at least 4 members (excludes halogenated alkanes) is 1. The van der Waals surface area contributed by atoms with Gasteiger partial charge in [0.15, 0.2) is 11.6 Å². The molecule has 11 aliphatic carbocycles. The minimum absolute atomic E-state index is 0.0264. The number of rotatable bonds is 18. The third kappa shape index (κ3) is 9.76. The highest BCUT2D eigenvalue weighted by molar-refractivity contribution is 5.71. The van der Waals surface area contributed by atoms with Gasteiger partial charge in [-0.1, -0.05) is 46.8 Å². The Morgan fingerprint density at radius 2 is 0.879 bits per heavy atom. The molecule has 18 nitrogen and oxygen atoms in total. The number of aryl methyl sites for hydroxylation is 2. The van der Waals surface area contributed by atoms with Crippen molar-refractivity contribution in [1.82, 2.24) is 77.7 Å². The van der Waals surface area contributed by atoms with E-state index in [1.807, 2.05) is 9.13 Å². The molecule has 0 aromatic carbocycles. The lowest BCUT2D eigenvalue weighted by molar-refractivity contribution is 0.271. The Balaban J connectivity index is 0.0000000969. The van der Waals surface area contributed by atoms with Crippen molar-refractivity contribution < 1.29 is 0 Å². The van der Waals surface area contributed by atoms with Gasteiger partial charge in [0.05, 0.1) is 11.4 Å². The van der Waals surface area contributed by atoms with Crippen LogP contribution in [0.25, 0.3) is 34.1 Å². The summed E-state index contributed by atoms with van der Waals surface area (Å²) < 4.78 is 12.7. The molecule has 0 N–H and O–H groups in total. The molecule has 0 unspecified atom stereocenters. The lowest BCUT2D eigenvalue weighted by atomic mass is 9.85. The smallest absolute Gasteiger partial charge is 0.296 e. The largest absolute Gasteiger partial charge is 0.341 e. The van der Waals surface area contributed by atoms with Crippen molar-refractivity contribution in [2.75, 3.05) is 13.1 Å². The van der Waals surface area contributed by atoms with Crippen LogP contribution in [-0.2, 0) is 41.2 Å². The SMILES string of the molecule is C=C1c2nnc(C3(C4CC4)CC3)n2C(C)=C(C)N1CC1(C)CC1.C=C1c2nnc(C3(C4CC4)CC3)n2C(C)=C(C)N1CC1CC1.CCCCn1c(C)c(CC)n2c(C3(C4CC4)CC3)nnc2c1=O.Cc1c(C)n2c(C3(C4CC4)CC3)nnc2c(=O)n1CC1CCC1. The summed E-state index contributed by atoms with van der Waals surface area (Å²) in [5, 5.41) is 36.1. The molecule has 6 aromatic rings. The highest BCUT2D eigenvalue weighted by Crippen LogP contribution is 2.65. The van der Waals surface area contributed by atoms with Gasteiger partial charge in [-0.15, -0.1) is 40.8 Å². The molecule has 8 heterocycles. The van der Waals surface area contributed by atoms with E-state index in [4.69, 9.17) is 0 Å². The van der Waals surface area contributed by atoms with E-state index in [1.165, 1.54) is 188 Å². The van der Waals surface area contributed by atoms with Gasteiger partial charge >= 0.3 is 0 Å². The van der Waals surface area contributed by atoms with Crippen molar-refractivity contribution in [2.45, 2.75) is 271 Å². The van der Waals surface area contributed by atoms with Crippen molar-refractivity contribution in [3.63, 3.8) is 0 Å². The van der Waals surface area contributed by atoms with Gasteiger partial charge in [-0.2, -0.15) is 0 Å². The Morgan fingerprint density at radius 1 is 0.451 bits per heavy atom. The first-order chi connectivity index (χ1) is 43.8. The van der Waals surface area contributed by atoms with E-state index in [-0.39, 0.29) is 21.9 Å². The lowest BCUT2D eigenvalue weighted by Crippen LogP contribution is -2.32. The maximum atomic E-state index is 13.0. The zero-order valence-corrected chi connectivity index (χ0v) is 56.6. The molecule has 18 heteroatoms. The average Bonchev–Trinajstić information content (AvgIpc) is 1.56. The zero-order valence-electron chi connectivity index (χ0n) is 56.6. The molecule has 11 saturated carbocycles. The van der Waals surface area contributed by atoms with Crippen molar-refractivity contribution in [3.8, 4) is 0 Å². The first kappa shape index (κ1) is 59.5. The normalized spacial score (nSPS) is 24.1. The summed E-state index contributed by atoms with van der Waals surface area (Å²) in [6.45, 7) is 34.4. The number of hydrogen-bond acceptors (Lipinski definition) is 12. The molecule has 0 spiro atoms. The number of hydrogen-bond donors (Lipinski definition) is 0. The van der Waals surface area contributed by atoms with Gasteiger partial charge in [0.1, 0.15) is 23.3 Å². The summed E-state index contributed by atoms with van der Waals surface area (Å²) in [4.78, 5) is 30.6. The van der Waals surface area contributed by atoms with Crippen molar-refractivity contribution in [3.05, 3.63) is 103 Å². The van der Waals surface area contributed by atoms with Crippen LogP contribution in [0.5, 0.6) is 0 Å². The summed E-state index contributed by atoms with van der Waals surface area (Å²) >= 11 is 0. The van der Waals surface area contributed by atoms with Crippen LogP contribution >= 0.6 is 0 Å². The second-order valence-electron chi connectivity index (χ2n) is 31.7. The minimum Gasteiger partial charge on any atom is -0.341 e. The molecule has 0 atom stereocenters. The van der Waals surface area contributed by atoms with Gasteiger partial charge < -0.3 is 18.9 Å². The third-order valence-corrected chi connectivity index (χ3v) is 25.5. The fourth-order valence-electron chi connectivity index (χ4n) is 17.1. The first-order valence-corrected chi connectivity index (χ1v) is 36.0. The van der Waals surface area contributed by atoms with Gasteiger partial charge in [0.2, 0.25) is 11.3 Å². The Bertz CT molecular complexity index is 4160. The Hall–Kier alpha value is -6.46. The van der Waals surface area contributed by atoms with Gasteiger partial charge in [-0.05, 0) is 243 Å². The third-order valence-electron chi connectivity index (χ3n) is 25.5. The van der Waals surface area contributed by atoms with Gasteiger partial charge in [-0.3, -0.25) is 27.5 Å². The predicted molar refractivity (Wildman–Crippen MR) is 356 cm³/mol. The molecule has 19 rings (SSSR count). The number of nitrogens with zero attached hydrogens (tertiary/aromatic N) is 16. The maximum Gasteiger partial charge on any atom is 0.296 e. The van der Waals surface area contributed by atoms with Crippen LogP contribution in [0.3, 0.4) is 0 Å². The predicted octanol–water partition coefficient (Wildman–Crippen LogP) is 13.4. The van der Waals surface area contributed by atoms with Gasteiger partial charge in [0.25, 0.3) is 11.1 Å². The van der Waals surface area contributed by atoms with E-state index >= 15 is 0 Å². The zero-order chi connectivity index (χ0) is 63.0. The summed E-state index contributed by atoms with van der Waals surface area (Å²) in [6, 6.07) is 0. The maximum absolute atomic E-state index is 13.0. The molecular formula is C73H100N16O2. The molecule has 13 aliphatic rings. The van der Waals surface area contributed by atoms with Crippen LogP contribution < -0.4 is 11.1 Å². The Morgan fingerprint density at radius 3 is 1.31 bits per heavy atom. The lowest BCUT2D eigenvalue weighted by Gasteiger charge is -2.35. The molecule has 0 saturated heterocycles. The molecule has 91 heavy (non-hydrogen) atoms. The second kappa shape index (κ2) is 21.3. The van der Waals surface area contributed by atoms with E-state index in [0.29, 0.717) is 33.5 Å². The minimum atomic E-state index is 0.0264. The Labute approximate surface area is 537 Å². The molecule has 11 fully saturated rings. The van der Waals surface area contributed by atoms with E-state index in [0.717, 1.165) is 127 Å². The van der Waals surface area contributed by atoms with Crippen molar-refractivity contribution in [1.29, 1.82) is 0 Å². The van der Waals surface area contributed by atoms with E-state index in [2.05, 4.69) is 151 Å². The summed E-state index contributed by atoms with van der Waals surface area (Å²) in [6.07, 6.45) is 32.9. The summed E-state index contributed by atoms with van der Waals surface area (Å²) in [7, 11) is 0. The number of allylic oxidation sites excluding steroid dienone is 4. The monoisotopic (exact) mass is 1230 g/mol. The van der Waals surface area contributed by atoms with Crippen LogP contribution in [0.1, 0.15) is 267 Å². The fraction of sp³-hybridized carbons (Fsp3) is 0.699. The van der Waals surface area contributed by atoms with E-state index in [1.54, 1.807) is 0 Å². The molecule has 0 bridgehead atoms. The van der Waals surface area contributed by atoms with E-state index < -0.39 is 0 Å². The molecule has 484 valence electrons. The number of fused-ring (bicyclic) bond motifs is 4. The molecule has 0 amide bonds. The summed E-state index contributed by atoms with van der Waals surface area (Å²) in [5.41, 5.74) is 14.6. The fourth-order valence-corrected chi connectivity index (χ4v) is 17.1. The van der Waals surface area contributed by atoms with Crippen LogP contribution in [0.2, 0.25) is 0 Å². The second-order valence-corrected chi connectivity index (χ2v) is 31.7. The first-order valence-electron chi connectivity index (χ1n) is 36.0. The highest BCUT2D eigenvalue weighted by Gasteiger charge is 2.62. The topological polar surface area (TPSA) is 172 Å². The highest BCUT2D eigenvalue weighted by atomic mass is 16.1. The molecule has 2 aliphatic heterocycles. The quantitative estimate of drug-likeness (QED) is 0.0798. The average molecular weight is 1230 g/mol. The van der Waals surface area contributed by atoms with Crippen LogP contribution in [0.15, 0.2) is 34.1 Å². The van der Waals surface area contributed by atoms with E-state index in [9.17, 15) is 9.59 Å². The van der Waals surface area contributed by atoms with Gasteiger partial charge in [0, 0.05) is 93.4 Å². The van der Waals surface area contributed by atoms with Crippen molar-refractivity contribution >= 4 is 34.1 Å².